The van der Waals surface area contributed by atoms with Crippen LogP contribution in [0.5, 0.6) is 5.75 Å². The molecule has 1 aromatic heterocycles. The van der Waals surface area contributed by atoms with Gasteiger partial charge in [0, 0.05) is 32.1 Å². The molecule has 10 heteroatoms. The van der Waals surface area contributed by atoms with E-state index in [0.717, 1.165) is 21.9 Å². The van der Waals surface area contributed by atoms with Crippen LogP contribution in [0.3, 0.4) is 0 Å². The molecule has 3 aromatic carbocycles. The number of aromatic nitrogens is 2. The first-order valence-corrected chi connectivity index (χ1v) is 12.5. The molecule has 0 bridgehead atoms. The van der Waals surface area contributed by atoms with Gasteiger partial charge >= 0.3 is 0 Å². The van der Waals surface area contributed by atoms with E-state index in [4.69, 9.17) is 9.26 Å². The Bertz CT molecular complexity index is 1500. The Morgan fingerprint density at radius 1 is 1.00 bits per heavy atom. The van der Waals surface area contributed by atoms with Crippen LogP contribution in [-0.4, -0.2) is 60.4 Å². The maximum Gasteiger partial charge on any atom is 0.243 e. The zero-order valence-corrected chi connectivity index (χ0v) is 20.2. The summed E-state index contributed by atoms with van der Waals surface area (Å²) >= 11 is 0. The molecule has 0 saturated carbocycles. The van der Waals surface area contributed by atoms with E-state index in [0.29, 0.717) is 30.6 Å². The van der Waals surface area contributed by atoms with Crippen molar-refractivity contribution >= 4 is 26.7 Å². The van der Waals surface area contributed by atoms with Gasteiger partial charge in [-0.3, -0.25) is 4.79 Å². The summed E-state index contributed by atoms with van der Waals surface area (Å²) in [7, 11) is -2.25. The van der Waals surface area contributed by atoms with Crippen LogP contribution in [0, 0.1) is 6.92 Å². The van der Waals surface area contributed by atoms with Crippen molar-refractivity contribution in [1.82, 2.24) is 19.3 Å². The van der Waals surface area contributed by atoms with Gasteiger partial charge in [-0.1, -0.05) is 41.6 Å². The Kier molecular flexibility index (Phi) is 6.00. The third-order valence-corrected chi connectivity index (χ3v) is 7.89. The van der Waals surface area contributed by atoms with Crippen LogP contribution in [0.25, 0.3) is 22.2 Å². The van der Waals surface area contributed by atoms with E-state index in [9.17, 15) is 13.2 Å². The van der Waals surface area contributed by atoms with E-state index in [2.05, 4.69) is 10.1 Å². The molecule has 35 heavy (non-hydrogen) atoms. The van der Waals surface area contributed by atoms with E-state index in [-0.39, 0.29) is 23.9 Å². The highest BCUT2D eigenvalue weighted by molar-refractivity contribution is 7.89. The molecule has 180 valence electrons. The lowest BCUT2D eigenvalue weighted by molar-refractivity contribution is -0.134. The predicted octanol–water partition coefficient (Wildman–Crippen LogP) is 3.24. The van der Waals surface area contributed by atoms with Crippen molar-refractivity contribution < 1.29 is 22.5 Å². The highest BCUT2D eigenvalue weighted by Gasteiger charge is 2.33. The number of fused-ring (bicyclic) bond motifs is 1. The van der Waals surface area contributed by atoms with Gasteiger partial charge in [0.05, 0.1) is 18.6 Å². The minimum absolute atomic E-state index is 0.159. The van der Waals surface area contributed by atoms with Crippen molar-refractivity contribution in [2.24, 2.45) is 0 Å². The standard InChI is InChI=1S/C25H24N4O5S/c1-17-26-25(27-34-17)20-5-3-18(4-6-20)15-28-11-12-29(16-24(28)30)35(31,32)23-10-8-19-7-9-22(33-2)13-21(19)14-23/h3-10,13-14H,11-12,15-16H2,1-2H3. The normalized spacial score (nSPS) is 15.0. The second-order valence-electron chi connectivity index (χ2n) is 8.36. The second-order valence-corrected chi connectivity index (χ2v) is 10.3. The van der Waals surface area contributed by atoms with Crippen LogP contribution in [-0.2, 0) is 21.4 Å². The summed E-state index contributed by atoms with van der Waals surface area (Å²) < 4.78 is 38.1. The Morgan fingerprint density at radius 3 is 2.46 bits per heavy atom. The Hall–Kier alpha value is -3.76. The molecule has 0 radical (unpaired) electrons. The van der Waals surface area contributed by atoms with E-state index < -0.39 is 10.0 Å². The molecule has 0 atom stereocenters. The monoisotopic (exact) mass is 492 g/mol. The Labute approximate surface area is 203 Å². The molecule has 4 aromatic rings. The van der Waals surface area contributed by atoms with Crippen molar-refractivity contribution in [2.75, 3.05) is 26.7 Å². The predicted molar refractivity (Wildman–Crippen MR) is 129 cm³/mol. The number of hydrogen-bond donors (Lipinski definition) is 0. The van der Waals surface area contributed by atoms with E-state index in [1.54, 1.807) is 43.2 Å². The smallest absolute Gasteiger partial charge is 0.243 e. The third-order valence-electron chi connectivity index (χ3n) is 6.05. The number of piperazine rings is 1. The van der Waals surface area contributed by atoms with Crippen LogP contribution in [0.2, 0.25) is 0 Å². The summed E-state index contributed by atoms with van der Waals surface area (Å²) in [6.07, 6.45) is 0. The minimum atomic E-state index is -3.81. The van der Waals surface area contributed by atoms with Crippen molar-refractivity contribution in [1.29, 1.82) is 0 Å². The average molecular weight is 493 g/mol. The summed E-state index contributed by atoms with van der Waals surface area (Å²) in [5.41, 5.74) is 1.75. The molecule has 1 fully saturated rings. The molecule has 0 unspecified atom stereocenters. The maximum atomic E-state index is 13.3. The summed E-state index contributed by atoms with van der Waals surface area (Å²) in [6, 6.07) is 18.0. The molecule has 0 N–H and O–H groups in total. The molecule has 9 nitrogen and oxygen atoms in total. The van der Waals surface area contributed by atoms with Crippen molar-refractivity contribution in [2.45, 2.75) is 18.4 Å². The fourth-order valence-electron chi connectivity index (χ4n) is 4.09. The first kappa shape index (κ1) is 23.0. The number of rotatable bonds is 6. The third kappa shape index (κ3) is 4.62. The van der Waals surface area contributed by atoms with E-state index in [1.165, 1.54) is 4.31 Å². The molecule has 1 amide bonds. The number of hydrogen-bond acceptors (Lipinski definition) is 7. The molecule has 1 aliphatic heterocycles. The lowest BCUT2D eigenvalue weighted by Crippen LogP contribution is -2.51. The fraction of sp³-hybridized carbons (Fsp3) is 0.240. The highest BCUT2D eigenvalue weighted by atomic mass is 32.2. The topological polar surface area (TPSA) is 106 Å². The van der Waals surface area contributed by atoms with Crippen LogP contribution < -0.4 is 4.74 Å². The first-order chi connectivity index (χ1) is 16.8. The number of carbonyl (C=O) groups is 1. The van der Waals surface area contributed by atoms with Crippen molar-refractivity contribution in [3.63, 3.8) is 0 Å². The molecule has 1 saturated heterocycles. The number of nitrogens with zero attached hydrogens (tertiary/aromatic N) is 4. The number of aryl methyl sites for hydroxylation is 1. The van der Waals surface area contributed by atoms with Gasteiger partial charge in [0.25, 0.3) is 0 Å². The molecule has 0 aliphatic carbocycles. The van der Waals surface area contributed by atoms with Gasteiger partial charge in [0.15, 0.2) is 0 Å². The fourth-order valence-corrected chi connectivity index (χ4v) is 5.51. The number of amides is 1. The minimum Gasteiger partial charge on any atom is -0.497 e. The number of ether oxygens (including phenoxy) is 1. The summed E-state index contributed by atoms with van der Waals surface area (Å²) in [5, 5.41) is 5.57. The van der Waals surface area contributed by atoms with Gasteiger partial charge < -0.3 is 14.2 Å². The molecular weight excluding hydrogens is 468 g/mol. The maximum absolute atomic E-state index is 13.3. The number of methoxy groups -OCH3 is 1. The van der Waals surface area contributed by atoms with Gasteiger partial charge in [0.1, 0.15) is 5.75 Å². The van der Waals surface area contributed by atoms with Crippen LogP contribution in [0.1, 0.15) is 11.5 Å². The van der Waals surface area contributed by atoms with Crippen molar-refractivity contribution in [3.8, 4) is 17.1 Å². The number of carbonyl (C=O) groups excluding carboxylic acids is 1. The highest BCUT2D eigenvalue weighted by Crippen LogP contribution is 2.26. The average Bonchev–Trinajstić information content (AvgIpc) is 3.31. The Morgan fingerprint density at radius 2 is 1.77 bits per heavy atom. The van der Waals surface area contributed by atoms with Gasteiger partial charge in [-0.25, -0.2) is 8.42 Å². The molecule has 1 aliphatic rings. The van der Waals surface area contributed by atoms with Gasteiger partial charge in [-0.2, -0.15) is 9.29 Å². The van der Waals surface area contributed by atoms with E-state index >= 15 is 0 Å². The largest absolute Gasteiger partial charge is 0.497 e. The van der Waals surface area contributed by atoms with Crippen LogP contribution in [0.4, 0.5) is 0 Å². The summed E-state index contributed by atoms with van der Waals surface area (Å²) in [6.45, 7) is 2.47. The molecule has 2 heterocycles. The quantitative estimate of drug-likeness (QED) is 0.407. The van der Waals surface area contributed by atoms with Gasteiger partial charge in [-0.15, -0.1) is 0 Å². The van der Waals surface area contributed by atoms with Crippen LogP contribution >= 0.6 is 0 Å². The molecule has 5 rings (SSSR count). The lowest BCUT2D eigenvalue weighted by atomic mass is 10.1. The molecule has 0 spiro atoms. The van der Waals surface area contributed by atoms with Gasteiger partial charge in [-0.05, 0) is 40.6 Å². The summed E-state index contributed by atoms with van der Waals surface area (Å²) in [4.78, 5) is 18.9. The lowest BCUT2D eigenvalue weighted by Gasteiger charge is -2.33. The summed E-state index contributed by atoms with van der Waals surface area (Å²) in [5.74, 6) is 1.42. The zero-order valence-electron chi connectivity index (χ0n) is 19.3. The van der Waals surface area contributed by atoms with Crippen molar-refractivity contribution in [3.05, 3.63) is 72.1 Å². The number of benzene rings is 3. The Balaban J connectivity index is 1.27. The SMILES string of the molecule is COc1ccc2ccc(S(=O)(=O)N3CCN(Cc4ccc(-c5noc(C)n5)cc4)C(=O)C3)cc2c1. The first-order valence-electron chi connectivity index (χ1n) is 11.1. The molecular formula is C25H24N4O5S. The van der Waals surface area contributed by atoms with E-state index in [1.807, 2.05) is 36.4 Å². The second kappa shape index (κ2) is 9.12. The number of sulfonamides is 1. The zero-order chi connectivity index (χ0) is 24.6. The van der Waals surface area contributed by atoms with Gasteiger partial charge in [0.2, 0.25) is 27.6 Å². The van der Waals surface area contributed by atoms with Crippen LogP contribution in [0.15, 0.2) is 70.1 Å².